The molecule has 2 N–H and O–H groups in total. The molecule has 2 aromatic heterocycles. The summed E-state index contributed by atoms with van der Waals surface area (Å²) in [4.78, 5) is 18.0. The molecule has 0 saturated carbocycles. The summed E-state index contributed by atoms with van der Waals surface area (Å²) in [5, 5.41) is 11.6. The topological polar surface area (TPSA) is 85.0 Å². The quantitative estimate of drug-likeness (QED) is 0.454. The molecule has 0 fully saturated rings. The third-order valence-electron chi connectivity index (χ3n) is 4.77. The third kappa shape index (κ3) is 4.04. The van der Waals surface area contributed by atoms with Crippen molar-refractivity contribution in [1.82, 2.24) is 14.8 Å². The number of halogens is 1. The Bertz CT molecular complexity index is 1120. The molecule has 1 amide bonds. The van der Waals surface area contributed by atoms with Gasteiger partial charge in [0.2, 0.25) is 11.1 Å². The van der Waals surface area contributed by atoms with Crippen LogP contribution in [0.1, 0.15) is 37.6 Å². The highest BCUT2D eigenvalue weighted by Crippen LogP contribution is 2.38. The Morgan fingerprint density at radius 1 is 1.30 bits per heavy atom. The van der Waals surface area contributed by atoms with Crippen molar-refractivity contribution in [1.29, 1.82) is 0 Å². The smallest absolute Gasteiger partial charge is 0.256 e. The van der Waals surface area contributed by atoms with E-state index in [4.69, 9.17) is 4.42 Å². The van der Waals surface area contributed by atoms with Crippen molar-refractivity contribution >= 4 is 45.2 Å². The minimum absolute atomic E-state index is 0.212. The fourth-order valence-corrected chi connectivity index (χ4v) is 4.32. The molecule has 0 bridgehead atoms. The number of aromatic nitrogens is 3. The van der Waals surface area contributed by atoms with E-state index < -0.39 is 6.04 Å². The van der Waals surface area contributed by atoms with Crippen molar-refractivity contribution in [3.63, 3.8) is 0 Å². The Labute approximate surface area is 187 Å². The highest BCUT2D eigenvalue weighted by molar-refractivity contribution is 9.10. The van der Waals surface area contributed by atoms with Crippen molar-refractivity contribution in [3.05, 3.63) is 63.7 Å². The molecular formula is C21H22BrN5O2S. The van der Waals surface area contributed by atoms with Gasteiger partial charge in [0.25, 0.3) is 5.91 Å². The molecule has 1 aliphatic heterocycles. The standard InChI is InChI=1S/C21H22BrN5O2S/c1-4-11-30-21-25-20-23-13(3)17(19(28)24-14-8-6-5-7-12(14)2)18(27(20)26-21)15-9-10-16(22)29-15/h5-10,18H,4,11H2,1-3H3,(H,24,28)(H,23,25,26). The number of nitrogens with zero attached hydrogens (tertiary/aromatic N) is 3. The van der Waals surface area contributed by atoms with Crippen LogP contribution in [0.2, 0.25) is 0 Å². The van der Waals surface area contributed by atoms with E-state index in [1.54, 1.807) is 16.4 Å². The fourth-order valence-electron chi connectivity index (χ4n) is 3.32. The van der Waals surface area contributed by atoms with Gasteiger partial charge in [-0.05, 0) is 60.0 Å². The van der Waals surface area contributed by atoms with Crippen LogP contribution in [0.5, 0.6) is 0 Å². The average Bonchev–Trinajstić information content (AvgIpc) is 3.32. The van der Waals surface area contributed by atoms with Gasteiger partial charge in [0.15, 0.2) is 4.67 Å². The molecule has 0 saturated heterocycles. The van der Waals surface area contributed by atoms with E-state index in [1.807, 2.05) is 50.2 Å². The van der Waals surface area contributed by atoms with Gasteiger partial charge in [-0.3, -0.25) is 4.79 Å². The number of carbonyl (C=O) groups excluding carboxylic acids is 1. The van der Waals surface area contributed by atoms with Gasteiger partial charge in [0.05, 0.1) is 5.57 Å². The number of furan rings is 1. The molecule has 0 aliphatic carbocycles. The van der Waals surface area contributed by atoms with Crippen molar-refractivity contribution in [2.24, 2.45) is 0 Å². The highest BCUT2D eigenvalue weighted by Gasteiger charge is 2.36. The second-order valence-corrected chi connectivity index (χ2v) is 8.83. The molecule has 1 aromatic carbocycles. The zero-order valence-electron chi connectivity index (χ0n) is 16.9. The number of aryl methyl sites for hydroxylation is 1. The molecule has 0 radical (unpaired) electrons. The summed E-state index contributed by atoms with van der Waals surface area (Å²) < 4.78 is 8.17. The second kappa shape index (κ2) is 8.69. The first-order valence-electron chi connectivity index (χ1n) is 9.67. The lowest BCUT2D eigenvalue weighted by Gasteiger charge is -2.27. The summed E-state index contributed by atoms with van der Waals surface area (Å²) >= 11 is 4.96. The summed E-state index contributed by atoms with van der Waals surface area (Å²) in [7, 11) is 0. The molecule has 9 heteroatoms. The van der Waals surface area contributed by atoms with E-state index in [0.717, 1.165) is 23.4 Å². The zero-order chi connectivity index (χ0) is 21.3. The predicted octanol–water partition coefficient (Wildman–Crippen LogP) is 5.37. The lowest BCUT2D eigenvalue weighted by Crippen LogP contribution is -2.31. The number of amides is 1. The lowest BCUT2D eigenvalue weighted by molar-refractivity contribution is -0.113. The Morgan fingerprint density at radius 2 is 2.10 bits per heavy atom. The molecule has 3 aromatic rings. The van der Waals surface area contributed by atoms with Gasteiger partial charge >= 0.3 is 0 Å². The summed E-state index contributed by atoms with van der Waals surface area (Å²) in [6.45, 7) is 5.95. The lowest BCUT2D eigenvalue weighted by atomic mass is 10.00. The molecule has 7 nitrogen and oxygen atoms in total. The Balaban J connectivity index is 1.75. The van der Waals surface area contributed by atoms with Crippen molar-refractivity contribution in [3.8, 4) is 0 Å². The average molecular weight is 488 g/mol. The number of anilines is 2. The number of benzene rings is 1. The Morgan fingerprint density at radius 3 is 2.80 bits per heavy atom. The number of hydrogen-bond donors (Lipinski definition) is 2. The van der Waals surface area contributed by atoms with Crippen LogP contribution in [-0.4, -0.2) is 26.4 Å². The number of fused-ring (bicyclic) bond motifs is 1. The zero-order valence-corrected chi connectivity index (χ0v) is 19.3. The van der Waals surface area contributed by atoms with Crippen LogP contribution in [-0.2, 0) is 4.79 Å². The maximum Gasteiger partial charge on any atom is 0.256 e. The fraction of sp³-hybridized carbons (Fsp3) is 0.286. The minimum Gasteiger partial charge on any atom is -0.452 e. The van der Waals surface area contributed by atoms with Crippen LogP contribution in [0.3, 0.4) is 0 Å². The van der Waals surface area contributed by atoms with Gasteiger partial charge in [-0.1, -0.05) is 36.9 Å². The number of thioether (sulfide) groups is 1. The van der Waals surface area contributed by atoms with Crippen molar-refractivity contribution < 1.29 is 9.21 Å². The first-order valence-corrected chi connectivity index (χ1v) is 11.4. The second-order valence-electron chi connectivity index (χ2n) is 6.99. The van der Waals surface area contributed by atoms with Crippen molar-refractivity contribution in [2.75, 3.05) is 16.4 Å². The highest BCUT2D eigenvalue weighted by atomic mass is 79.9. The van der Waals surface area contributed by atoms with E-state index in [2.05, 4.69) is 43.6 Å². The maximum atomic E-state index is 13.4. The van der Waals surface area contributed by atoms with Gasteiger partial charge in [0, 0.05) is 17.1 Å². The molecular weight excluding hydrogens is 466 g/mol. The van der Waals surface area contributed by atoms with Crippen LogP contribution < -0.4 is 10.6 Å². The summed E-state index contributed by atoms with van der Waals surface area (Å²) in [6, 6.07) is 10.8. The number of rotatable bonds is 6. The maximum absolute atomic E-state index is 13.4. The number of allylic oxidation sites excluding steroid dienone is 1. The first kappa shape index (κ1) is 20.7. The van der Waals surface area contributed by atoms with Crippen LogP contribution in [0, 0.1) is 6.92 Å². The molecule has 1 unspecified atom stereocenters. The number of para-hydroxylation sites is 1. The molecule has 1 aliphatic rings. The van der Waals surface area contributed by atoms with E-state index in [9.17, 15) is 4.79 Å². The van der Waals surface area contributed by atoms with Gasteiger partial charge in [-0.25, -0.2) is 4.68 Å². The van der Waals surface area contributed by atoms with Gasteiger partial charge in [-0.15, -0.1) is 5.10 Å². The monoisotopic (exact) mass is 487 g/mol. The molecule has 3 heterocycles. The van der Waals surface area contributed by atoms with Crippen LogP contribution in [0.4, 0.5) is 11.6 Å². The number of hydrogen-bond acceptors (Lipinski definition) is 6. The van der Waals surface area contributed by atoms with E-state index in [-0.39, 0.29) is 5.91 Å². The largest absolute Gasteiger partial charge is 0.452 e. The summed E-state index contributed by atoms with van der Waals surface area (Å²) in [6.07, 6.45) is 1.03. The molecule has 156 valence electrons. The van der Waals surface area contributed by atoms with Gasteiger partial charge in [-0.2, -0.15) is 4.98 Å². The third-order valence-corrected chi connectivity index (χ3v) is 6.24. The number of nitrogens with one attached hydrogen (secondary N) is 2. The summed E-state index contributed by atoms with van der Waals surface area (Å²) in [5.41, 5.74) is 3.01. The SMILES string of the molecule is CCCSc1nc2n(n1)C(c1ccc(Br)o1)C(C(=O)Nc1ccccc1C)=C(C)N2. The number of carbonyl (C=O) groups is 1. The van der Waals surface area contributed by atoms with Gasteiger partial charge < -0.3 is 15.1 Å². The molecule has 0 spiro atoms. The van der Waals surface area contributed by atoms with Crippen molar-refractivity contribution in [2.45, 2.75) is 38.4 Å². The van der Waals surface area contributed by atoms with Crippen LogP contribution in [0.25, 0.3) is 0 Å². The summed E-state index contributed by atoms with van der Waals surface area (Å²) in [5.74, 6) is 1.91. The Kier molecular flexibility index (Phi) is 6.01. The Hall–Kier alpha value is -2.52. The van der Waals surface area contributed by atoms with Gasteiger partial charge in [0.1, 0.15) is 11.8 Å². The minimum atomic E-state index is -0.528. The normalized spacial score (nSPS) is 15.7. The van der Waals surface area contributed by atoms with Crippen LogP contribution in [0.15, 0.2) is 61.9 Å². The van der Waals surface area contributed by atoms with E-state index in [0.29, 0.717) is 32.8 Å². The first-order chi connectivity index (χ1) is 14.5. The molecule has 30 heavy (non-hydrogen) atoms. The predicted molar refractivity (Wildman–Crippen MR) is 122 cm³/mol. The molecule has 1 atom stereocenters. The van der Waals surface area contributed by atoms with E-state index in [1.165, 1.54) is 0 Å². The van der Waals surface area contributed by atoms with E-state index >= 15 is 0 Å². The van der Waals surface area contributed by atoms with Crippen LogP contribution >= 0.6 is 27.7 Å². The molecule has 4 rings (SSSR count).